The number of hydrogen-bond acceptors (Lipinski definition) is 8. The van der Waals surface area contributed by atoms with Gasteiger partial charge in [0, 0.05) is 18.7 Å². The molecule has 0 saturated carbocycles. The fourth-order valence-corrected chi connectivity index (χ4v) is 8.96. The van der Waals surface area contributed by atoms with Crippen LogP contribution in [-0.2, 0) is 19.1 Å². The predicted molar refractivity (Wildman–Crippen MR) is 240 cm³/mol. The number of methoxy groups -OCH3 is 2. The zero-order valence-electron chi connectivity index (χ0n) is 36.5. The molecule has 326 valence electrons. The predicted octanol–water partition coefficient (Wildman–Crippen LogP) is 8.65. The largest absolute Gasteiger partial charge is 0.453 e. The zero-order valence-corrected chi connectivity index (χ0v) is 36.5. The molecule has 2 fully saturated rings. The molecule has 8 rings (SSSR count). The Bertz CT molecular complexity index is 2640. The van der Waals surface area contributed by atoms with Gasteiger partial charge in [0.2, 0.25) is 5.91 Å². The van der Waals surface area contributed by atoms with Gasteiger partial charge in [-0.25, -0.2) is 19.6 Å². The van der Waals surface area contributed by atoms with Crippen LogP contribution in [0.3, 0.4) is 0 Å². The number of alkyl carbamates (subject to hydrolysis) is 2. The number of imidazole rings is 2. The molecule has 2 aromatic heterocycles. The van der Waals surface area contributed by atoms with Crippen molar-refractivity contribution in [1.29, 1.82) is 0 Å². The van der Waals surface area contributed by atoms with Gasteiger partial charge in [0.15, 0.2) is 0 Å². The lowest BCUT2D eigenvalue weighted by molar-refractivity contribution is -0.136. The van der Waals surface area contributed by atoms with Crippen LogP contribution in [0.2, 0.25) is 0 Å². The third kappa shape index (κ3) is 9.02. The van der Waals surface area contributed by atoms with Gasteiger partial charge in [-0.1, -0.05) is 99.1 Å². The van der Waals surface area contributed by atoms with E-state index in [1.807, 2.05) is 62.3 Å². The number of nitrogens with zero attached hydrogens (tertiary/aromatic N) is 4. The molecule has 6 aromatic rings. The van der Waals surface area contributed by atoms with Gasteiger partial charge in [-0.2, -0.15) is 0 Å². The third-order valence-electron chi connectivity index (χ3n) is 12.3. The van der Waals surface area contributed by atoms with E-state index in [0.29, 0.717) is 24.5 Å². The molecule has 2 aliphatic rings. The zero-order chi connectivity index (χ0) is 44.4. The second kappa shape index (κ2) is 18.2. The van der Waals surface area contributed by atoms with Gasteiger partial charge < -0.3 is 39.9 Å². The molecule has 4 N–H and O–H groups in total. The maximum atomic E-state index is 14.0. The van der Waals surface area contributed by atoms with Crippen LogP contribution in [0.1, 0.15) is 80.9 Å². The van der Waals surface area contributed by atoms with Crippen LogP contribution in [0.5, 0.6) is 0 Å². The summed E-state index contributed by atoms with van der Waals surface area (Å²) in [6.07, 6.45) is 4.67. The Labute approximate surface area is 366 Å². The van der Waals surface area contributed by atoms with Crippen molar-refractivity contribution in [3.63, 3.8) is 0 Å². The van der Waals surface area contributed by atoms with Crippen LogP contribution < -0.4 is 10.6 Å². The van der Waals surface area contributed by atoms with Crippen molar-refractivity contribution in [2.75, 3.05) is 27.3 Å². The monoisotopic (exact) mass is 850 g/mol. The van der Waals surface area contributed by atoms with E-state index in [-0.39, 0.29) is 35.7 Å². The van der Waals surface area contributed by atoms with Crippen LogP contribution in [0, 0.1) is 18.8 Å². The molecule has 2 saturated heterocycles. The summed E-state index contributed by atoms with van der Waals surface area (Å²) in [7, 11) is 2.58. The Morgan fingerprint density at radius 2 is 1.32 bits per heavy atom. The first-order valence-corrected chi connectivity index (χ1v) is 21.5. The Kier molecular flexibility index (Phi) is 12.3. The SMILES string of the molecule is COC(=O)N[C@H](C(=O)N1C[C@H](C)C[C@H]1c1ncc(-c2ccc3cc(-c4ccc(-c5cnc([C@@H]6CCCN6C(=O)[C@H](NC(=O)OC)c6cccc(C)c6)[nH]5)cc4)ccc3c2)[nH]1)C(C)C. The van der Waals surface area contributed by atoms with Gasteiger partial charge >= 0.3 is 12.2 Å². The number of aromatic amines is 2. The first-order chi connectivity index (χ1) is 30.4. The number of fused-ring (bicyclic) bond motifs is 1. The number of likely N-dealkylation sites (tertiary alicyclic amines) is 2. The molecule has 14 nitrogen and oxygen atoms in total. The number of aromatic nitrogens is 4. The average molecular weight is 851 g/mol. The minimum absolute atomic E-state index is 0.117. The Morgan fingerprint density at radius 3 is 1.98 bits per heavy atom. The van der Waals surface area contributed by atoms with Crippen LogP contribution in [0.4, 0.5) is 9.59 Å². The number of carbonyl (C=O) groups is 4. The molecular formula is C49H54N8O6. The van der Waals surface area contributed by atoms with Gasteiger partial charge in [0.1, 0.15) is 23.7 Å². The highest BCUT2D eigenvalue weighted by Crippen LogP contribution is 2.38. The van der Waals surface area contributed by atoms with Crippen LogP contribution in [-0.4, -0.2) is 87.1 Å². The number of nitrogens with one attached hydrogen (secondary N) is 4. The van der Waals surface area contributed by atoms with E-state index < -0.39 is 24.3 Å². The van der Waals surface area contributed by atoms with Gasteiger partial charge in [-0.05, 0) is 83.2 Å². The second-order valence-electron chi connectivity index (χ2n) is 17.1. The molecule has 63 heavy (non-hydrogen) atoms. The van der Waals surface area contributed by atoms with Crippen LogP contribution >= 0.6 is 0 Å². The number of aryl methyl sites for hydroxylation is 1. The summed E-state index contributed by atoms with van der Waals surface area (Å²) in [4.78, 5) is 72.3. The molecule has 4 heterocycles. The highest BCUT2D eigenvalue weighted by molar-refractivity contribution is 5.91. The number of amides is 4. The average Bonchev–Trinajstić information content (AvgIpc) is 4.14. The van der Waals surface area contributed by atoms with Gasteiger partial charge in [0.05, 0.1) is 50.1 Å². The molecule has 0 bridgehead atoms. The van der Waals surface area contributed by atoms with Crippen molar-refractivity contribution < 1.29 is 28.7 Å². The molecule has 0 radical (unpaired) electrons. The first-order valence-electron chi connectivity index (χ1n) is 21.5. The number of benzene rings is 4. The maximum absolute atomic E-state index is 14.0. The Morgan fingerprint density at radius 1 is 0.714 bits per heavy atom. The number of hydrogen-bond donors (Lipinski definition) is 4. The Hall–Kier alpha value is -6.96. The summed E-state index contributed by atoms with van der Waals surface area (Å²) in [5.74, 6) is 1.24. The summed E-state index contributed by atoms with van der Waals surface area (Å²) in [5, 5.41) is 7.64. The van der Waals surface area contributed by atoms with Crippen molar-refractivity contribution in [1.82, 2.24) is 40.4 Å². The quantitative estimate of drug-likeness (QED) is 0.100. The fourth-order valence-electron chi connectivity index (χ4n) is 8.96. The summed E-state index contributed by atoms with van der Waals surface area (Å²) < 4.78 is 9.66. The van der Waals surface area contributed by atoms with E-state index in [2.05, 4.69) is 88.2 Å². The van der Waals surface area contributed by atoms with Crippen LogP contribution in [0.25, 0.3) is 44.4 Å². The van der Waals surface area contributed by atoms with Gasteiger partial charge in [0.25, 0.3) is 5.91 Å². The fraction of sp³-hybridized carbons (Fsp3) is 0.347. The topological polar surface area (TPSA) is 175 Å². The molecule has 2 aliphatic heterocycles. The highest BCUT2D eigenvalue weighted by atomic mass is 16.5. The van der Waals surface area contributed by atoms with Crippen molar-refractivity contribution in [3.8, 4) is 33.6 Å². The van der Waals surface area contributed by atoms with Crippen LogP contribution in [0.15, 0.2) is 97.3 Å². The van der Waals surface area contributed by atoms with Crippen molar-refractivity contribution in [2.24, 2.45) is 11.8 Å². The third-order valence-corrected chi connectivity index (χ3v) is 12.3. The van der Waals surface area contributed by atoms with E-state index >= 15 is 0 Å². The van der Waals surface area contributed by atoms with Crippen molar-refractivity contribution in [3.05, 3.63) is 120 Å². The summed E-state index contributed by atoms with van der Waals surface area (Å²) >= 11 is 0. The maximum Gasteiger partial charge on any atom is 0.407 e. The molecule has 0 unspecified atom stereocenters. The smallest absolute Gasteiger partial charge is 0.407 e. The highest BCUT2D eigenvalue weighted by Gasteiger charge is 2.40. The number of ether oxygens (including phenoxy) is 2. The van der Waals surface area contributed by atoms with E-state index in [1.54, 1.807) is 4.90 Å². The lowest BCUT2D eigenvalue weighted by Crippen LogP contribution is -2.51. The molecular weight excluding hydrogens is 797 g/mol. The summed E-state index contributed by atoms with van der Waals surface area (Å²) in [6.45, 7) is 9.02. The minimum Gasteiger partial charge on any atom is -0.453 e. The summed E-state index contributed by atoms with van der Waals surface area (Å²) in [5.41, 5.74) is 7.51. The number of rotatable bonds is 11. The van der Waals surface area contributed by atoms with E-state index in [9.17, 15) is 19.2 Å². The van der Waals surface area contributed by atoms with Crippen molar-refractivity contribution >= 4 is 34.8 Å². The molecule has 0 aliphatic carbocycles. The lowest BCUT2D eigenvalue weighted by atomic mass is 9.98. The molecule has 4 amide bonds. The molecule has 5 atom stereocenters. The standard InChI is InChI=1S/C49H54N8O6/c1-28(2)42(54-48(60)62-5)46(58)57-27-30(4)22-41(57)45-51-26-39(53-45)36-19-18-34-23-33(16-17-35(34)24-36)31-12-14-32(15-13-31)38-25-50-44(52-38)40-11-8-20-56(40)47(59)43(55-49(61)63-6)37-10-7-9-29(3)21-37/h7,9-10,12-19,21,23-26,28,30,40-43H,8,11,20,22,27H2,1-6H3,(H,50,52)(H,51,53)(H,54,60)(H,55,61)/t30-,40+,41+,42+,43-/m1/s1. The van der Waals surface area contributed by atoms with Gasteiger partial charge in [-0.15, -0.1) is 0 Å². The summed E-state index contributed by atoms with van der Waals surface area (Å²) in [6, 6.07) is 26.6. The molecule has 14 heteroatoms. The normalized spacial score (nSPS) is 18.4. The Balaban J connectivity index is 0.950. The van der Waals surface area contributed by atoms with E-state index in [1.165, 1.54) is 14.2 Å². The molecule has 4 aromatic carbocycles. The first kappa shape index (κ1) is 42.7. The number of H-pyrrole nitrogens is 2. The number of carbonyl (C=O) groups excluding carboxylic acids is 4. The van der Waals surface area contributed by atoms with E-state index in [0.717, 1.165) is 75.1 Å². The van der Waals surface area contributed by atoms with Gasteiger partial charge in [-0.3, -0.25) is 9.59 Å². The van der Waals surface area contributed by atoms with E-state index in [4.69, 9.17) is 19.4 Å². The molecule has 0 spiro atoms. The minimum atomic E-state index is -0.887. The van der Waals surface area contributed by atoms with Crippen molar-refractivity contribution in [2.45, 2.75) is 71.1 Å². The second-order valence-corrected chi connectivity index (χ2v) is 17.1. The lowest BCUT2D eigenvalue weighted by Gasteiger charge is -2.30.